The second kappa shape index (κ2) is 8.51. The summed E-state index contributed by atoms with van der Waals surface area (Å²) in [7, 11) is 0. The summed E-state index contributed by atoms with van der Waals surface area (Å²) in [6, 6.07) is 11.3. The zero-order valence-electron chi connectivity index (χ0n) is 14.4. The Bertz CT molecular complexity index is 1110. The van der Waals surface area contributed by atoms with Crippen molar-refractivity contribution < 1.29 is 19.1 Å². The van der Waals surface area contributed by atoms with Crippen LogP contribution in [0.25, 0.3) is 17.4 Å². The number of furan rings is 1. The highest BCUT2D eigenvalue weighted by Crippen LogP contribution is 2.25. The molecule has 0 spiro atoms. The van der Waals surface area contributed by atoms with Gasteiger partial charge >= 0.3 is 5.97 Å². The van der Waals surface area contributed by atoms with Gasteiger partial charge in [0.15, 0.2) is 0 Å². The standard InChI is InChI=1S/C18H12N4O4S2/c1-27-18-21-17(28-22-18)20-15(23)12(9-19)8-13-5-6-14(26-13)10-3-2-4-11(7-10)16(24)25/h2-8H,1H3,(H,24,25)(H,20,21,22,23)/b12-8-. The first-order chi connectivity index (χ1) is 13.5. The van der Waals surface area contributed by atoms with Crippen LogP contribution in [0.5, 0.6) is 0 Å². The lowest BCUT2D eigenvalue weighted by atomic mass is 10.1. The normalized spacial score (nSPS) is 11.1. The molecule has 140 valence electrons. The van der Waals surface area contributed by atoms with Gasteiger partial charge in [-0.1, -0.05) is 23.9 Å². The summed E-state index contributed by atoms with van der Waals surface area (Å²) in [5, 5.41) is 21.7. The monoisotopic (exact) mass is 412 g/mol. The molecule has 28 heavy (non-hydrogen) atoms. The van der Waals surface area contributed by atoms with Crippen molar-refractivity contribution in [1.82, 2.24) is 9.36 Å². The minimum absolute atomic E-state index is 0.129. The summed E-state index contributed by atoms with van der Waals surface area (Å²) in [6.07, 6.45) is 3.12. The number of hydrogen-bond acceptors (Lipinski definition) is 8. The van der Waals surface area contributed by atoms with E-state index in [1.54, 1.807) is 24.3 Å². The molecule has 2 aromatic heterocycles. The molecule has 0 radical (unpaired) electrons. The van der Waals surface area contributed by atoms with E-state index < -0.39 is 11.9 Å². The Morgan fingerprint density at radius 1 is 1.36 bits per heavy atom. The zero-order valence-corrected chi connectivity index (χ0v) is 16.0. The maximum Gasteiger partial charge on any atom is 0.335 e. The number of hydrogen-bond donors (Lipinski definition) is 2. The first kappa shape index (κ1) is 19.3. The molecule has 1 aromatic carbocycles. The van der Waals surface area contributed by atoms with Gasteiger partial charge in [0.2, 0.25) is 10.3 Å². The summed E-state index contributed by atoms with van der Waals surface area (Å²) in [4.78, 5) is 27.4. The molecule has 2 N–H and O–H groups in total. The van der Waals surface area contributed by atoms with Crippen LogP contribution in [0, 0.1) is 11.3 Å². The third-order valence-electron chi connectivity index (χ3n) is 3.48. The lowest BCUT2D eigenvalue weighted by Crippen LogP contribution is -2.13. The average Bonchev–Trinajstić information content (AvgIpc) is 3.35. The number of aromatic nitrogens is 2. The highest BCUT2D eigenvalue weighted by molar-refractivity contribution is 7.98. The van der Waals surface area contributed by atoms with Crippen molar-refractivity contribution in [2.75, 3.05) is 11.6 Å². The maximum absolute atomic E-state index is 12.3. The van der Waals surface area contributed by atoms with Crippen LogP contribution in [0.1, 0.15) is 16.1 Å². The summed E-state index contributed by atoms with van der Waals surface area (Å²) in [6.45, 7) is 0. The molecule has 0 unspecified atom stereocenters. The number of anilines is 1. The molecule has 0 saturated carbocycles. The summed E-state index contributed by atoms with van der Waals surface area (Å²) in [5.41, 5.74) is 0.534. The third kappa shape index (κ3) is 4.46. The Hall–Kier alpha value is -3.42. The Labute approximate surface area is 167 Å². The molecule has 0 atom stereocenters. The van der Waals surface area contributed by atoms with Crippen LogP contribution < -0.4 is 5.32 Å². The van der Waals surface area contributed by atoms with Crippen LogP contribution in [-0.4, -0.2) is 32.6 Å². The Morgan fingerprint density at radius 3 is 2.86 bits per heavy atom. The van der Waals surface area contributed by atoms with Crippen LogP contribution in [-0.2, 0) is 4.79 Å². The second-order valence-corrected chi connectivity index (χ2v) is 6.82. The van der Waals surface area contributed by atoms with Gasteiger partial charge in [0.1, 0.15) is 23.2 Å². The number of amides is 1. The first-order valence-corrected chi connectivity index (χ1v) is 9.74. The number of carboxylic acid groups (broad SMARTS) is 1. The smallest absolute Gasteiger partial charge is 0.335 e. The van der Waals surface area contributed by atoms with Gasteiger partial charge in [0.05, 0.1) is 5.56 Å². The van der Waals surface area contributed by atoms with Gasteiger partial charge in [-0.25, -0.2) is 4.79 Å². The predicted octanol–water partition coefficient (Wildman–Crippen LogP) is 3.76. The lowest BCUT2D eigenvalue weighted by molar-refractivity contribution is -0.112. The van der Waals surface area contributed by atoms with E-state index in [4.69, 9.17) is 9.52 Å². The van der Waals surface area contributed by atoms with Crippen molar-refractivity contribution in [3.63, 3.8) is 0 Å². The quantitative estimate of drug-likeness (QED) is 0.356. The van der Waals surface area contributed by atoms with E-state index in [1.165, 1.54) is 30.0 Å². The third-order valence-corrected chi connectivity index (χ3v) is 4.78. The number of rotatable bonds is 6. The average molecular weight is 412 g/mol. The first-order valence-electron chi connectivity index (χ1n) is 7.74. The van der Waals surface area contributed by atoms with Gasteiger partial charge in [-0.2, -0.15) is 14.6 Å². The molecular weight excluding hydrogens is 400 g/mol. The van der Waals surface area contributed by atoms with Crippen molar-refractivity contribution in [2.24, 2.45) is 0 Å². The minimum atomic E-state index is -1.04. The Morgan fingerprint density at radius 2 is 2.18 bits per heavy atom. The molecule has 0 fully saturated rings. The largest absolute Gasteiger partial charge is 0.478 e. The number of benzene rings is 1. The summed E-state index contributed by atoms with van der Waals surface area (Å²) in [5.74, 6) is -0.972. The number of thioether (sulfide) groups is 1. The fourth-order valence-electron chi connectivity index (χ4n) is 2.19. The van der Waals surface area contributed by atoms with Crippen molar-refractivity contribution in [2.45, 2.75) is 5.16 Å². The molecule has 2 heterocycles. The topological polar surface area (TPSA) is 129 Å². The van der Waals surface area contributed by atoms with Crippen molar-refractivity contribution in [3.8, 4) is 17.4 Å². The van der Waals surface area contributed by atoms with E-state index in [-0.39, 0.29) is 16.9 Å². The number of carbonyl (C=O) groups excluding carboxylic acids is 1. The van der Waals surface area contributed by atoms with Gasteiger partial charge in [-0.05, 0) is 30.5 Å². The number of carbonyl (C=O) groups is 2. The lowest BCUT2D eigenvalue weighted by Gasteiger charge is -2.00. The van der Waals surface area contributed by atoms with E-state index in [2.05, 4.69) is 14.7 Å². The highest BCUT2D eigenvalue weighted by atomic mass is 32.2. The molecule has 3 rings (SSSR count). The fourth-order valence-corrected chi connectivity index (χ4v) is 3.31. The maximum atomic E-state index is 12.3. The Balaban J connectivity index is 1.80. The Kier molecular flexibility index (Phi) is 5.88. The van der Waals surface area contributed by atoms with Crippen molar-refractivity contribution in [1.29, 1.82) is 5.26 Å². The van der Waals surface area contributed by atoms with E-state index in [0.29, 0.717) is 21.6 Å². The molecule has 10 heteroatoms. The van der Waals surface area contributed by atoms with Crippen LogP contribution in [0.2, 0.25) is 0 Å². The molecule has 1 amide bonds. The molecular formula is C18H12N4O4S2. The highest BCUT2D eigenvalue weighted by Gasteiger charge is 2.14. The number of carboxylic acids is 1. The van der Waals surface area contributed by atoms with E-state index in [9.17, 15) is 14.9 Å². The number of nitrogens with zero attached hydrogens (tertiary/aromatic N) is 3. The minimum Gasteiger partial charge on any atom is -0.478 e. The molecule has 0 aliphatic rings. The molecule has 0 aliphatic heterocycles. The second-order valence-electron chi connectivity index (χ2n) is 5.30. The van der Waals surface area contributed by atoms with E-state index >= 15 is 0 Å². The summed E-state index contributed by atoms with van der Waals surface area (Å²) >= 11 is 2.36. The van der Waals surface area contributed by atoms with Crippen molar-refractivity contribution >= 4 is 46.4 Å². The number of nitrogens with one attached hydrogen (secondary N) is 1. The van der Waals surface area contributed by atoms with Gasteiger partial charge in [0.25, 0.3) is 5.91 Å². The summed E-state index contributed by atoms with van der Waals surface area (Å²) < 4.78 is 9.66. The van der Waals surface area contributed by atoms with Crippen molar-refractivity contribution in [3.05, 3.63) is 53.3 Å². The number of nitriles is 1. The van der Waals surface area contributed by atoms with E-state index in [0.717, 1.165) is 11.5 Å². The zero-order chi connectivity index (χ0) is 20.1. The molecule has 3 aromatic rings. The van der Waals surface area contributed by atoms with Crippen LogP contribution in [0.15, 0.2) is 51.5 Å². The van der Waals surface area contributed by atoms with Gasteiger partial charge in [0, 0.05) is 23.2 Å². The molecule has 0 bridgehead atoms. The van der Waals surface area contributed by atoms with Gasteiger partial charge in [-0.3, -0.25) is 10.1 Å². The molecule has 0 aliphatic carbocycles. The SMILES string of the molecule is CSc1nsc(NC(=O)/C(C#N)=C\c2ccc(-c3cccc(C(=O)O)c3)o2)n1. The number of aromatic carboxylic acids is 1. The van der Waals surface area contributed by atoms with Gasteiger partial charge in [-0.15, -0.1) is 0 Å². The van der Waals surface area contributed by atoms with E-state index in [1.807, 2.05) is 12.3 Å². The molecule has 0 saturated heterocycles. The van der Waals surface area contributed by atoms with Gasteiger partial charge < -0.3 is 9.52 Å². The van der Waals surface area contributed by atoms with Crippen LogP contribution in [0.3, 0.4) is 0 Å². The molecule has 8 nitrogen and oxygen atoms in total. The fraction of sp³-hybridized carbons (Fsp3) is 0.0556. The van der Waals surface area contributed by atoms with Crippen LogP contribution in [0.4, 0.5) is 5.13 Å². The van der Waals surface area contributed by atoms with Crippen LogP contribution >= 0.6 is 23.3 Å². The predicted molar refractivity (Wildman–Crippen MR) is 105 cm³/mol.